The zero-order valence-electron chi connectivity index (χ0n) is 22.2. The number of carbonyl (C=O) groups is 1. The Labute approximate surface area is 233 Å². The van der Waals surface area contributed by atoms with E-state index in [0.717, 1.165) is 5.69 Å². The van der Waals surface area contributed by atoms with Gasteiger partial charge in [-0.2, -0.15) is 0 Å². The number of halogens is 1. The summed E-state index contributed by atoms with van der Waals surface area (Å²) in [4.78, 5) is 27.3. The Balaban J connectivity index is 1.65. The van der Waals surface area contributed by atoms with Crippen LogP contribution in [0.5, 0.6) is 5.75 Å². The van der Waals surface area contributed by atoms with Gasteiger partial charge in [0.1, 0.15) is 24.5 Å². The summed E-state index contributed by atoms with van der Waals surface area (Å²) in [7, 11) is 3.93. The third kappa shape index (κ3) is 6.90. The first-order valence-corrected chi connectivity index (χ1v) is 12.6. The van der Waals surface area contributed by atoms with Crippen LogP contribution >= 0.6 is 11.6 Å². The van der Waals surface area contributed by atoms with E-state index in [9.17, 15) is 4.79 Å². The van der Waals surface area contributed by atoms with E-state index in [2.05, 4.69) is 44.0 Å². The van der Waals surface area contributed by atoms with Crippen molar-refractivity contribution >= 4 is 45.6 Å². The first-order valence-electron chi connectivity index (χ1n) is 12.2. The number of benzene rings is 2. The number of pyridine rings is 1. The molecule has 0 aliphatic carbocycles. The minimum Gasteiger partial charge on any atom is -0.486 e. The van der Waals surface area contributed by atoms with Crippen LogP contribution in [0.2, 0.25) is 5.02 Å². The van der Waals surface area contributed by atoms with Gasteiger partial charge in [0, 0.05) is 17.3 Å². The lowest BCUT2D eigenvalue weighted by Crippen LogP contribution is -2.36. The second-order valence-electron chi connectivity index (χ2n) is 9.41. The molecule has 9 heteroatoms. The fourth-order valence-corrected chi connectivity index (χ4v) is 3.63. The third-order valence-corrected chi connectivity index (χ3v) is 6.43. The number of hydrogen-bond donors (Lipinski definition) is 2. The fraction of sp³-hybridized carbons (Fsp3) is 0.200. The Morgan fingerprint density at radius 3 is 2.67 bits per heavy atom. The van der Waals surface area contributed by atoms with Crippen molar-refractivity contribution in [2.45, 2.75) is 26.0 Å². The summed E-state index contributed by atoms with van der Waals surface area (Å²) in [5.41, 5.74) is 2.96. The molecule has 0 fully saturated rings. The smallest absolute Gasteiger partial charge is 0.247 e. The maximum Gasteiger partial charge on any atom is 0.247 e. The zero-order chi connectivity index (χ0) is 28.0. The molecule has 4 aromatic rings. The minimum atomic E-state index is -0.375. The summed E-state index contributed by atoms with van der Waals surface area (Å²) >= 11 is 6.50. The van der Waals surface area contributed by atoms with E-state index in [4.69, 9.17) is 16.3 Å². The van der Waals surface area contributed by atoms with Crippen molar-refractivity contribution in [2.75, 3.05) is 24.7 Å². The van der Waals surface area contributed by atoms with E-state index in [1.807, 2.05) is 63.2 Å². The summed E-state index contributed by atoms with van der Waals surface area (Å²) in [5.74, 6) is 7.21. The van der Waals surface area contributed by atoms with E-state index < -0.39 is 0 Å². The van der Waals surface area contributed by atoms with Gasteiger partial charge in [-0.1, -0.05) is 36.1 Å². The van der Waals surface area contributed by atoms with Crippen LogP contribution in [-0.2, 0) is 11.4 Å². The molecule has 0 aliphatic rings. The van der Waals surface area contributed by atoms with Crippen molar-refractivity contribution in [2.24, 2.45) is 0 Å². The maximum absolute atomic E-state index is 12.2. The summed E-state index contributed by atoms with van der Waals surface area (Å²) in [6.45, 7) is 7.91. The molecule has 2 heterocycles. The zero-order valence-corrected chi connectivity index (χ0v) is 23.0. The van der Waals surface area contributed by atoms with Gasteiger partial charge in [-0.25, -0.2) is 9.97 Å². The van der Waals surface area contributed by atoms with Gasteiger partial charge >= 0.3 is 0 Å². The second-order valence-corrected chi connectivity index (χ2v) is 9.82. The van der Waals surface area contributed by atoms with Gasteiger partial charge in [0.25, 0.3) is 0 Å². The van der Waals surface area contributed by atoms with Crippen LogP contribution in [-0.4, -0.2) is 45.4 Å². The Morgan fingerprint density at radius 1 is 1.15 bits per heavy atom. The third-order valence-electron chi connectivity index (χ3n) is 6.14. The van der Waals surface area contributed by atoms with E-state index >= 15 is 0 Å². The number of carbonyl (C=O) groups excluding carboxylic acids is 1. The van der Waals surface area contributed by atoms with Gasteiger partial charge in [-0.3, -0.25) is 14.7 Å². The molecule has 0 aliphatic heterocycles. The molecule has 2 N–H and O–H groups in total. The highest BCUT2D eigenvalue weighted by molar-refractivity contribution is 6.32. The predicted molar refractivity (Wildman–Crippen MR) is 156 cm³/mol. The monoisotopic (exact) mass is 540 g/mol. The lowest BCUT2D eigenvalue weighted by atomic mass is 10.0. The van der Waals surface area contributed by atoms with Crippen molar-refractivity contribution < 1.29 is 9.53 Å². The first-order chi connectivity index (χ1) is 18.7. The van der Waals surface area contributed by atoms with Gasteiger partial charge in [0.2, 0.25) is 5.91 Å². The molecule has 4 rings (SSSR count). The van der Waals surface area contributed by atoms with Crippen molar-refractivity contribution in [1.82, 2.24) is 19.9 Å². The standard InChI is InChI=1S/C30H29ClN6O2/c1-6-28(38)36-25-17-23-26(15-20(25)12-13-30(2,3)37(4)5)33-19-34-29(23)35-21-10-11-27(24(31)16-21)39-18-22-9-7-8-14-32-22/h6-11,14-17,19H,1,18H2,2-5H3,(H,36,38)(H,33,34,35). The Bertz CT molecular complexity index is 1580. The van der Waals surface area contributed by atoms with Gasteiger partial charge in [0.05, 0.1) is 33.0 Å². The van der Waals surface area contributed by atoms with Crippen LogP contribution in [0.25, 0.3) is 10.9 Å². The lowest BCUT2D eigenvalue weighted by molar-refractivity contribution is -0.111. The summed E-state index contributed by atoms with van der Waals surface area (Å²) < 4.78 is 5.82. The predicted octanol–water partition coefficient (Wildman–Crippen LogP) is 5.82. The number of nitrogens with zero attached hydrogens (tertiary/aromatic N) is 4. The normalized spacial score (nSPS) is 11.0. The number of amides is 1. The maximum atomic E-state index is 12.2. The highest BCUT2D eigenvalue weighted by Crippen LogP contribution is 2.32. The Morgan fingerprint density at radius 2 is 1.97 bits per heavy atom. The molecule has 0 radical (unpaired) electrons. The molecule has 2 aromatic carbocycles. The van der Waals surface area contributed by atoms with Crippen LogP contribution in [0.3, 0.4) is 0 Å². The van der Waals surface area contributed by atoms with E-state index in [0.29, 0.717) is 51.0 Å². The van der Waals surface area contributed by atoms with Crippen molar-refractivity contribution in [3.63, 3.8) is 0 Å². The fourth-order valence-electron chi connectivity index (χ4n) is 3.39. The number of rotatable bonds is 8. The van der Waals surface area contributed by atoms with Crippen LogP contribution < -0.4 is 15.4 Å². The molecule has 8 nitrogen and oxygen atoms in total. The average molecular weight is 541 g/mol. The minimum absolute atomic E-state index is 0.306. The summed E-state index contributed by atoms with van der Waals surface area (Å²) in [6.07, 6.45) is 4.40. The molecule has 0 spiro atoms. The Hall–Kier alpha value is -4.45. The number of nitrogens with one attached hydrogen (secondary N) is 2. The number of anilines is 3. The molecule has 198 valence electrons. The SMILES string of the molecule is C=CC(=O)Nc1cc2c(Nc3ccc(OCc4ccccn4)c(Cl)c3)ncnc2cc1C#CC(C)(C)N(C)C. The highest BCUT2D eigenvalue weighted by Gasteiger charge is 2.17. The van der Waals surface area contributed by atoms with Gasteiger partial charge < -0.3 is 15.4 Å². The topological polar surface area (TPSA) is 92.3 Å². The summed E-state index contributed by atoms with van der Waals surface area (Å²) in [5, 5.41) is 7.28. The molecule has 0 saturated carbocycles. The van der Waals surface area contributed by atoms with Crippen LogP contribution in [0.15, 0.2) is 73.7 Å². The van der Waals surface area contributed by atoms with Crippen LogP contribution in [0, 0.1) is 11.8 Å². The largest absolute Gasteiger partial charge is 0.486 e. The van der Waals surface area contributed by atoms with Gasteiger partial charge in [0.15, 0.2) is 0 Å². The lowest BCUT2D eigenvalue weighted by Gasteiger charge is -2.26. The molecule has 2 aromatic heterocycles. The molecular weight excluding hydrogens is 512 g/mol. The van der Waals surface area contributed by atoms with Crippen molar-refractivity contribution in [3.05, 3.63) is 90.0 Å². The molecule has 0 unspecified atom stereocenters. The van der Waals surface area contributed by atoms with E-state index in [1.165, 1.54) is 12.4 Å². The molecule has 39 heavy (non-hydrogen) atoms. The number of aromatic nitrogens is 3. The van der Waals surface area contributed by atoms with E-state index in [1.54, 1.807) is 24.4 Å². The average Bonchev–Trinajstić information content (AvgIpc) is 2.92. The second kappa shape index (κ2) is 11.9. The van der Waals surface area contributed by atoms with Gasteiger partial charge in [-0.05, 0) is 76.5 Å². The molecule has 0 bridgehead atoms. The van der Waals surface area contributed by atoms with Gasteiger partial charge in [-0.15, -0.1) is 0 Å². The number of fused-ring (bicyclic) bond motifs is 1. The summed E-state index contributed by atoms with van der Waals surface area (Å²) in [6, 6.07) is 14.7. The molecule has 1 amide bonds. The van der Waals surface area contributed by atoms with Crippen LogP contribution in [0.4, 0.5) is 17.2 Å². The van der Waals surface area contributed by atoms with Crippen LogP contribution in [0.1, 0.15) is 25.1 Å². The van der Waals surface area contributed by atoms with Crippen molar-refractivity contribution in [1.29, 1.82) is 0 Å². The molecular formula is C30H29ClN6O2. The molecule has 0 atom stereocenters. The first kappa shape index (κ1) is 27.6. The number of ether oxygens (including phenoxy) is 1. The highest BCUT2D eigenvalue weighted by atomic mass is 35.5. The van der Waals surface area contributed by atoms with E-state index in [-0.39, 0.29) is 11.4 Å². The Kier molecular flexibility index (Phi) is 8.45. The van der Waals surface area contributed by atoms with Crippen molar-refractivity contribution in [3.8, 4) is 17.6 Å². The quantitative estimate of drug-likeness (QED) is 0.215. The molecule has 0 saturated heterocycles. The number of hydrogen-bond acceptors (Lipinski definition) is 7.